The maximum absolute atomic E-state index is 14.7. The van der Waals surface area contributed by atoms with Crippen molar-refractivity contribution in [1.29, 1.82) is 0 Å². The van der Waals surface area contributed by atoms with Gasteiger partial charge < -0.3 is 15.8 Å². The average molecular weight is 385 g/mol. The van der Waals surface area contributed by atoms with Gasteiger partial charge in [0.25, 0.3) is 0 Å². The fourth-order valence-corrected chi connectivity index (χ4v) is 3.08. The van der Waals surface area contributed by atoms with Gasteiger partial charge in [-0.2, -0.15) is 0 Å². The molecule has 1 aliphatic heterocycles. The number of hydrogen-bond donors (Lipinski definition) is 2. The lowest BCUT2D eigenvalue weighted by atomic mass is 10.1. The Morgan fingerprint density at radius 3 is 2.71 bits per heavy atom. The normalized spacial score (nSPS) is 20.0. The predicted octanol–water partition coefficient (Wildman–Crippen LogP) is 1.69. The molecule has 0 bridgehead atoms. The number of ether oxygens (including phenoxy) is 1. The molecule has 4 rings (SSSR count). The van der Waals surface area contributed by atoms with E-state index >= 15 is 0 Å². The number of hydrogen-bond acceptors (Lipinski definition) is 6. The van der Waals surface area contributed by atoms with Gasteiger partial charge in [-0.3, -0.25) is 9.69 Å². The van der Waals surface area contributed by atoms with Crippen LogP contribution in [0.2, 0.25) is 0 Å². The van der Waals surface area contributed by atoms with E-state index in [1.54, 1.807) is 24.5 Å². The van der Waals surface area contributed by atoms with Gasteiger partial charge in [-0.1, -0.05) is 0 Å². The van der Waals surface area contributed by atoms with Gasteiger partial charge in [-0.05, 0) is 31.0 Å². The van der Waals surface area contributed by atoms with E-state index in [9.17, 15) is 14.0 Å². The van der Waals surface area contributed by atoms with Crippen LogP contribution in [0.15, 0.2) is 30.6 Å². The maximum atomic E-state index is 14.7. The zero-order valence-electron chi connectivity index (χ0n) is 15.3. The molecule has 1 saturated heterocycles. The van der Waals surface area contributed by atoms with Crippen molar-refractivity contribution < 1.29 is 18.7 Å². The lowest BCUT2D eigenvalue weighted by Gasteiger charge is -2.14. The van der Waals surface area contributed by atoms with Gasteiger partial charge in [-0.15, -0.1) is 0 Å². The molecular formula is C19H20FN5O3. The Morgan fingerprint density at radius 2 is 2.11 bits per heavy atom. The Bertz CT molecular complexity index is 930. The lowest BCUT2D eigenvalue weighted by molar-refractivity contribution is -0.119. The van der Waals surface area contributed by atoms with E-state index in [1.807, 2.05) is 0 Å². The number of carbonyl (C=O) groups excluding carboxylic acids is 2. The summed E-state index contributed by atoms with van der Waals surface area (Å²) >= 11 is 0. The van der Waals surface area contributed by atoms with Gasteiger partial charge in [0.05, 0.1) is 24.3 Å². The number of nitrogens with zero attached hydrogens (tertiary/aromatic N) is 3. The van der Waals surface area contributed by atoms with Crippen molar-refractivity contribution in [2.45, 2.75) is 31.4 Å². The molecule has 8 nitrogen and oxygen atoms in total. The Kier molecular flexibility index (Phi) is 4.46. The quantitative estimate of drug-likeness (QED) is 0.810. The molecule has 0 spiro atoms. The smallest absolute Gasteiger partial charge is 0.414 e. The Morgan fingerprint density at radius 1 is 1.39 bits per heavy atom. The highest BCUT2D eigenvalue weighted by atomic mass is 19.1. The molecule has 2 amide bonds. The summed E-state index contributed by atoms with van der Waals surface area (Å²) in [5.74, 6) is -0.139. The van der Waals surface area contributed by atoms with E-state index in [0.717, 1.165) is 12.8 Å². The fourth-order valence-electron chi connectivity index (χ4n) is 3.08. The molecule has 9 heteroatoms. The predicted molar refractivity (Wildman–Crippen MR) is 98.8 cm³/mol. The molecule has 1 aromatic carbocycles. The number of aromatic nitrogens is 2. The number of nitrogens with one attached hydrogen (secondary N) is 1. The summed E-state index contributed by atoms with van der Waals surface area (Å²) in [6, 6.07) is 4.49. The summed E-state index contributed by atoms with van der Waals surface area (Å²) in [4.78, 5) is 32.9. The number of amides is 2. The fraction of sp³-hybridized carbons (Fsp3) is 0.368. The summed E-state index contributed by atoms with van der Waals surface area (Å²) < 4.78 is 19.9. The van der Waals surface area contributed by atoms with Gasteiger partial charge in [0.1, 0.15) is 17.7 Å². The molecule has 146 valence electrons. The number of carbonyl (C=O) groups is 2. The first-order valence-corrected chi connectivity index (χ1v) is 9.00. The second-order valence-corrected chi connectivity index (χ2v) is 7.17. The Labute approximate surface area is 160 Å². The molecule has 2 aromatic rings. The van der Waals surface area contributed by atoms with Crippen LogP contribution < -0.4 is 16.0 Å². The summed E-state index contributed by atoms with van der Waals surface area (Å²) in [5, 5.41) is 2.60. The number of halogens is 1. The third-order valence-electron chi connectivity index (χ3n) is 4.91. The molecule has 2 aliphatic rings. The van der Waals surface area contributed by atoms with Crippen molar-refractivity contribution in [3.8, 4) is 11.1 Å². The lowest BCUT2D eigenvalue weighted by Crippen LogP contribution is -2.33. The average Bonchev–Trinajstić information content (AvgIpc) is 3.31. The Hall–Kier alpha value is -3.07. The molecule has 2 fully saturated rings. The van der Waals surface area contributed by atoms with Crippen LogP contribution in [0.25, 0.3) is 11.1 Å². The van der Waals surface area contributed by atoms with Crippen molar-refractivity contribution in [3.63, 3.8) is 0 Å². The third kappa shape index (κ3) is 3.53. The van der Waals surface area contributed by atoms with Crippen LogP contribution in [0.5, 0.6) is 0 Å². The highest BCUT2D eigenvalue weighted by Gasteiger charge is 2.42. The molecule has 3 N–H and O–H groups in total. The highest BCUT2D eigenvalue weighted by molar-refractivity contribution is 5.90. The van der Waals surface area contributed by atoms with Gasteiger partial charge >= 0.3 is 6.09 Å². The summed E-state index contributed by atoms with van der Waals surface area (Å²) in [5.41, 5.74) is 6.87. The van der Waals surface area contributed by atoms with E-state index in [1.165, 1.54) is 17.9 Å². The zero-order valence-corrected chi connectivity index (χ0v) is 15.3. The van der Waals surface area contributed by atoms with Crippen LogP contribution >= 0.6 is 0 Å². The van der Waals surface area contributed by atoms with Crippen LogP contribution in [-0.2, 0) is 15.1 Å². The number of nitrogens with two attached hydrogens (primary N) is 1. The number of anilines is 1. The second kappa shape index (κ2) is 6.83. The van der Waals surface area contributed by atoms with Crippen LogP contribution in [0, 0.1) is 5.82 Å². The van der Waals surface area contributed by atoms with Crippen molar-refractivity contribution in [2.75, 3.05) is 18.0 Å². The minimum absolute atomic E-state index is 0.208. The van der Waals surface area contributed by atoms with Crippen molar-refractivity contribution in [3.05, 3.63) is 42.2 Å². The largest absolute Gasteiger partial charge is 0.442 e. The SMILES string of the molecule is CC(=O)NCC1CN(c2ccc(-c3cnc(C4(N)CC4)nc3)c(F)c2)C(=O)O1. The van der Waals surface area contributed by atoms with Crippen LogP contribution in [0.3, 0.4) is 0 Å². The van der Waals surface area contributed by atoms with E-state index in [0.29, 0.717) is 22.6 Å². The first kappa shape index (κ1) is 18.3. The molecule has 1 saturated carbocycles. The van der Waals surface area contributed by atoms with Gasteiger partial charge in [-0.25, -0.2) is 19.2 Å². The monoisotopic (exact) mass is 385 g/mol. The molecular weight excluding hydrogens is 365 g/mol. The summed E-state index contributed by atoms with van der Waals surface area (Å²) in [6.45, 7) is 1.83. The number of cyclic esters (lactones) is 1. The minimum Gasteiger partial charge on any atom is -0.442 e. The first-order valence-electron chi connectivity index (χ1n) is 9.00. The minimum atomic E-state index is -0.576. The molecule has 28 heavy (non-hydrogen) atoms. The highest BCUT2D eigenvalue weighted by Crippen LogP contribution is 2.40. The Balaban J connectivity index is 1.50. The molecule has 1 aromatic heterocycles. The van der Waals surface area contributed by atoms with E-state index < -0.39 is 23.6 Å². The van der Waals surface area contributed by atoms with Crippen LogP contribution in [0.4, 0.5) is 14.9 Å². The van der Waals surface area contributed by atoms with Crippen LogP contribution in [-0.4, -0.2) is 41.2 Å². The topological polar surface area (TPSA) is 110 Å². The second-order valence-electron chi connectivity index (χ2n) is 7.17. The number of benzene rings is 1. The number of rotatable bonds is 5. The van der Waals surface area contributed by atoms with Crippen molar-refractivity contribution >= 4 is 17.7 Å². The van der Waals surface area contributed by atoms with Crippen molar-refractivity contribution in [1.82, 2.24) is 15.3 Å². The summed E-state index contributed by atoms with van der Waals surface area (Å²) in [6.07, 6.45) is 3.76. The standard InChI is InChI=1S/C19H20FN5O3/c1-11(26)22-9-14-10-25(18(27)28-14)13-2-3-15(16(20)6-13)12-7-23-17(24-8-12)19(21)4-5-19/h2-3,6-8,14H,4-5,9-10,21H2,1H3,(H,22,26). The zero-order chi connectivity index (χ0) is 19.9. The van der Waals surface area contributed by atoms with Crippen LogP contribution in [0.1, 0.15) is 25.6 Å². The van der Waals surface area contributed by atoms with E-state index in [4.69, 9.17) is 10.5 Å². The van der Waals surface area contributed by atoms with Gasteiger partial charge in [0, 0.05) is 30.4 Å². The molecule has 0 radical (unpaired) electrons. The molecule has 1 unspecified atom stereocenters. The molecule has 2 heterocycles. The summed E-state index contributed by atoms with van der Waals surface area (Å²) in [7, 11) is 0. The maximum Gasteiger partial charge on any atom is 0.414 e. The van der Waals surface area contributed by atoms with Crippen molar-refractivity contribution in [2.24, 2.45) is 5.73 Å². The van der Waals surface area contributed by atoms with E-state index in [-0.39, 0.29) is 19.0 Å². The van der Waals surface area contributed by atoms with Gasteiger partial charge in [0.2, 0.25) is 5.91 Å². The molecule has 1 aliphatic carbocycles. The van der Waals surface area contributed by atoms with Gasteiger partial charge in [0.15, 0.2) is 0 Å². The third-order valence-corrected chi connectivity index (χ3v) is 4.91. The van der Waals surface area contributed by atoms with E-state index in [2.05, 4.69) is 15.3 Å². The molecule has 1 atom stereocenters. The first-order chi connectivity index (χ1) is 13.4.